The van der Waals surface area contributed by atoms with Gasteiger partial charge in [0.15, 0.2) is 0 Å². The summed E-state index contributed by atoms with van der Waals surface area (Å²) in [6, 6.07) is 7.24. The topological polar surface area (TPSA) is 78.3 Å². The van der Waals surface area contributed by atoms with Crippen LogP contribution in [-0.2, 0) is 11.3 Å². The Labute approximate surface area is 120 Å². The van der Waals surface area contributed by atoms with Crippen molar-refractivity contribution in [1.29, 1.82) is 0 Å². The van der Waals surface area contributed by atoms with Crippen molar-refractivity contribution in [1.82, 2.24) is 0 Å². The molecule has 1 amide bonds. The molecule has 20 heavy (non-hydrogen) atoms. The van der Waals surface area contributed by atoms with Crippen molar-refractivity contribution < 1.29 is 9.53 Å². The third kappa shape index (κ3) is 4.32. The smallest absolute Gasteiger partial charge is 0.248 e. The van der Waals surface area contributed by atoms with Gasteiger partial charge in [0.05, 0.1) is 13.2 Å². The molecule has 0 heterocycles. The number of ether oxygens (including phenoxy) is 1. The maximum atomic E-state index is 11.1. The van der Waals surface area contributed by atoms with Gasteiger partial charge < -0.3 is 16.2 Å². The van der Waals surface area contributed by atoms with E-state index in [9.17, 15) is 4.79 Å². The van der Waals surface area contributed by atoms with Crippen LogP contribution in [0.5, 0.6) is 0 Å². The molecule has 1 aromatic rings. The lowest BCUT2D eigenvalue weighted by Gasteiger charge is -2.27. The van der Waals surface area contributed by atoms with Crippen LogP contribution in [0.4, 0.5) is 0 Å². The molecule has 4 nitrogen and oxygen atoms in total. The predicted octanol–water partition coefficient (Wildman–Crippen LogP) is 2.35. The predicted molar refractivity (Wildman–Crippen MR) is 79.2 cm³/mol. The molecule has 0 aliphatic heterocycles. The van der Waals surface area contributed by atoms with Crippen LogP contribution in [0.1, 0.15) is 54.4 Å². The zero-order valence-corrected chi connectivity index (χ0v) is 11.9. The third-order valence-corrected chi connectivity index (χ3v) is 3.97. The highest BCUT2D eigenvalue weighted by Gasteiger charge is 2.26. The van der Waals surface area contributed by atoms with Crippen LogP contribution in [0.25, 0.3) is 0 Å². The van der Waals surface area contributed by atoms with Crippen molar-refractivity contribution >= 4 is 5.91 Å². The molecule has 1 saturated carbocycles. The van der Waals surface area contributed by atoms with Crippen molar-refractivity contribution in [2.24, 2.45) is 11.5 Å². The van der Waals surface area contributed by atoms with Gasteiger partial charge in [0.25, 0.3) is 0 Å². The molecular weight excluding hydrogens is 252 g/mol. The fourth-order valence-corrected chi connectivity index (χ4v) is 2.76. The van der Waals surface area contributed by atoms with E-state index in [1.165, 1.54) is 25.7 Å². The van der Waals surface area contributed by atoms with Gasteiger partial charge in [-0.15, -0.1) is 0 Å². The molecule has 4 heteroatoms. The molecule has 0 bridgehead atoms. The fraction of sp³-hybridized carbons (Fsp3) is 0.562. The van der Waals surface area contributed by atoms with Crippen LogP contribution >= 0.6 is 0 Å². The van der Waals surface area contributed by atoms with Gasteiger partial charge in [0, 0.05) is 11.1 Å². The number of carbonyl (C=O) groups excluding carboxylic acids is 1. The summed E-state index contributed by atoms with van der Waals surface area (Å²) >= 11 is 0. The van der Waals surface area contributed by atoms with E-state index in [2.05, 4.69) is 0 Å². The highest BCUT2D eigenvalue weighted by Crippen LogP contribution is 2.25. The van der Waals surface area contributed by atoms with Gasteiger partial charge in [-0.3, -0.25) is 4.79 Å². The Kier molecular flexibility index (Phi) is 5.15. The van der Waals surface area contributed by atoms with E-state index in [1.54, 1.807) is 12.1 Å². The first-order valence-electron chi connectivity index (χ1n) is 7.34. The minimum atomic E-state index is -0.411. The summed E-state index contributed by atoms with van der Waals surface area (Å²) in [5, 5.41) is 0. The fourth-order valence-electron chi connectivity index (χ4n) is 2.76. The van der Waals surface area contributed by atoms with Crippen LogP contribution in [0.2, 0.25) is 0 Å². The summed E-state index contributed by atoms with van der Waals surface area (Å²) in [7, 11) is 0. The van der Waals surface area contributed by atoms with Crippen LogP contribution in [-0.4, -0.2) is 18.1 Å². The molecule has 1 aliphatic rings. The Morgan fingerprint density at radius 2 is 1.90 bits per heavy atom. The molecule has 0 atom stereocenters. The number of primary amides is 1. The summed E-state index contributed by atoms with van der Waals surface area (Å²) in [4.78, 5) is 11.1. The van der Waals surface area contributed by atoms with Crippen molar-refractivity contribution in [3.05, 3.63) is 35.4 Å². The van der Waals surface area contributed by atoms with Gasteiger partial charge in [0.1, 0.15) is 0 Å². The number of rotatable bonds is 5. The maximum absolute atomic E-state index is 11.1. The van der Waals surface area contributed by atoms with Crippen molar-refractivity contribution in [2.45, 2.75) is 50.7 Å². The molecule has 1 fully saturated rings. The average molecular weight is 276 g/mol. The lowest BCUT2D eigenvalue weighted by molar-refractivity contribution is 0.0667. The number of hydrogen-bond donors (Lipinski definition) is 2. The summed E-state index contributed by atoms with van der Waals surface area (Å²) in [6.07, 6.45) is 7.01. The second-order valence-electron chi connectivity index (χ2n) is 5.83. The van der Waals surface area contributed by atoms with Crippen molar-refractivity contribution in [2.75, 3.05) is 6.61 Å². The van der Waals surface area contributed by atoms with E-state index in [-0.39, 0.29) is 5.54 Å². The average Bonchev–Trinajstić information content (AvgIpc) is 2.64. The molecule has 0 unspecified atom stereocenters. The maximum Gasteiger partial charge on any atom is 0.248 e. The Morgan fingerprint density at radius 3 is 2.55 bits per heavy atom. The molecule has 1 aromatic carbocycles. The van der Waals surface area contributed by atoms with E-state index < -0.39 is 5.91 Å². The normalized spacial score (nSPS) is 18.4. The summed E-state index contributed by atoms with van der Waals surface area (Å²) in [5.41, 5.74) is 13.0. The Hall–Kier alpha value is -1.39. The number of hydrogen-bond acceptors (Lipinski definition) is 3. The van der Waals surface area contributed by atoms with Gasteiger partial charge in [-0.05, 0) is 30.5 Å². The summed E-state index contributed by atoms with van der Waals surface area (Å²) in [6.45, 7) is 1.05. The second kappa shape index (κ2) is 6.86. The number of amides is 1. The lowest BCUT2D eigenvalue weighted by Crippen LogP contribution is -2.43. The molecule has 110 valence electrons. The zero-order valence-electron chi connectivity index (χ0n) is 11.9. The van der Waals surface area contributed by atoms with Gasteiger partial charge in [-0.25, -0.2) is 0 Å². The van der Waals surface area contributed by atoms with E-state index in [0.29, 0.717) is 18.8 Å². The van der Waals surface area contributed by atoms with E-state index in [0.717, 1.165) is 18.4 Å². The first kappa shape index (κ1) is 15.0. The Bertz CT molecular complexity index is 452. The van der Waals surface area contributed by atoms with Gasteiger partial charge in [-0.2, -0.15) is 0 Å². The summed E-state index contributed by atoms with van der Waals surface area (Å²) < 4.78 is 5.78. The zero-order chi connectivity index (χ0) is 14.4. The quantitative estimate of drug-likeness (QED) is 0.810. The highest BCUT2D eigenvalue weighted by atomic mass is 16.5. The van der Waals surface area contributed by atoms with Crippen LogP contribution in [0, 0.1) is 0 Å². The standard InChI is InChI=1S/C16H24N2O2/c17-15(19)14-7-5-6-13(10-14)11-20-12-16(18)8-3-1-2-4-9-16/h5-7,10H,1-4,8-9,11-12,18H2,(H2,17,19). The monoisotopic (exact) mass is 276 g/mol. The second-order valence-corrected chi connectivity index (χ2v) is 5.83. The minimum Gasteiger partial charge on any atom is -0.375 e. The molecule has 2 rings (SSSR count). The largest absolute Gasteiger partial charge is 0.375 e. The molecule has 0 spiro atoms. The number of carbonyl (C=O) groups is 1. The number of nitrogens with two attached hydrogens (primary N) is 2. The van der Waals surface area contributed by atoms with Gasteiger partial charge in [-0.1, -0.05) is 37.8 Å². The first-order chi connectivity index (χ1) is 9.59. The van der Waals surface area contributed by atoms with Crippen LogP contribution in [0.15, 0.2) is 24.3 Å². The first-order valence-corrected chi connectivity index (χ1v) is 7.34. The van der Waals surface area contributed by atoms with E-state index in [1.807, 2.05) is 12.1 Å². The summed E-state index contributed by atoms with van der Waals surface area (Å²) in [5.74, 6) is -0.411. The van der Waals surface area contributed by atoms with E-state index >= 15 is 0 Å². The van der Waals surface area contributed by atoms with Gasteiger partial charge >= 0.3 is 0 Å². The van der Waals surface area contributed by atoms with Crippen molar-refractivity contribution in [3.63, 3.8) is 0 Å². The highest BCUT2D eigenvalue weighted by molar-refractivity contribution is 5.92. The molecular formula is C16H24N2O2. The molecule has 0 radical (unpaired) electrons. The molecule has 0 saturated heterocycles. The third-order valence-electron chi connectivity index (χ3n) is 3.97. The molecule has 0 aromatic heterocycles. The minimum absolute atomic E-state index is 0.183. The van der Waals surface area contributed by atoms with Crippen LogP contribution < -0.4 is 11.5 Å². The Morgan fingerprint density at radius 1 is 1.20 bits per heavy atom. The lowest BCUT2D eigenvalue weighted by atomic mass is 9.92. The van der Waals surface area contributed by atoms with Gasteiger partial charge in [0.2, 0.25) is 5.91 Å². The number of benzene rings is 1. The van der Waals surface area contributed by atoms with Crippen molar-refractivity contribution in [3.8, 4) is 0 Å². The van der Waals surface area contributed by atoms with Crippen LogP contribution in [0.3, 0.4) is 0 Å². The molecule has 4 N–H and O–H groups in total. The van der Waals surface area contributed by atoms with E-state index in [4.69, 9.17) is 16.2 Å². The molecule has 1 aliphatic carbocycles. The SMILES string of the molecule is NC(=O)c1cccc(COCC2(N)CCCCCC2)c1. The Balaban J connectivity index is 1.85.